The number of hydrogen-bond donors (Lipinski definition) is 3. The van der Waals surface area contributed by atoms with Gasteiger partial charge in [0.1, 0.15) is 29.9 Å². The largest absolute Gasteiger partial charge is 0.504 e. The summed E-state index contributed by atoms with van der Waals surface area (Å²) in [7, 11) is 0. The van der Waals surface area contributed by atoms with Crippen LogP contribution in [0.2, 0.25) is 0 Å². The fraction of sp³-hybridized carbons (Fsp3) is 0.698. The highest BCUT2D eigenvalue weighted by Gasteiger charge is 2.43. The Morgan fingerprint density at radius 1 is 0.982 bits per heavy atom. The molecule has 1 aromatic rings. The highest BCUT2D eigenvalue weighted by molar-refractivity contribution is 6.01. The number of nitrogens with zero attached hydrogens (tertiary/aromatic N) is 3. The second-order valence-corrected chi connectivity index (χ2v) is 15.1. The topological polar surface area (TPSA) is 209 Å². The lowest BCUT2D eigenvalue weighted by atomic mass is 9.86. The third-order valence-corrected chi connectivity index (χ3v) is 10.1. The SMILES string of the molecule is CCCCCCCCCCC[C@@H](C[C@@H]1OC(=O)[C@H]1CCCCCC)OC(=O)[C@H](CC(C)C)NC=O.CCN(CC)C(=O)/C(C#N)=C/c1cc(O)c(O)c([N+](=O)[O-])c1. The van der Waals surface area contributed by atoms with E-state index in [-0.39, 0.29) is 47.1 Å². The number of likely N-dealkylation sites (N-methyl/N-ethyl adjacent to an activating group) is 1. The van der Waals surface area contributed by atoms with Crippen LogP contribution in [0.4, 0.5) is 5.69 Å². The van der Waals surface area contributed by atoms with E-state index in [4.69, 9.17) is 14.7 Å². The zero-order valence-corrected chi connectivity index (χ0v) is 35.1. The minimum atomic E-state index is -0.870. The number of nitro groups is 1. The Bertz CT molecular complexity index is 1470. The van der Waals surface area contributed by atoms with Gasteiger partial charge in [-0.25, -0.2) is 4.79 Å². The summed E-state index contributed by atoms with van der Waals surface area (Å²) in [4.78, 5) is 59.4. The molecule has 1 saturated heterocycles. The van der Waals surface area contributed by atoms with Crippen LogP contribution in [0.5, 0.6) is 11.5 Å². The first-order valence-corrected chi connectivity index (χ1v) is 21.0. The Labute approximate surface area is 339 Å². The van der Waals surface area contributed by atoms with Gasteiger partial charge in [-0.15, -0.1) is 0 Å². The number of nitrogens with one attached hydrogen (secondary N) is 1. The fourth-order valence-electron chi connectivity index (χ4n) is 6.74. The molecule has 1 aliphatic rings. The third kappa shape index (κ3) is 18.9. The second-order valence-electron chi connectivity index (χ2n) is 15.1. The molecular formula is C43H68N4O10. The number of carbonyl (C=O) groups is 4. The molecule has 0 spiro atoms. The number of esters is 2. The zero-order valence-electron chi connectivity index (χ0n) is 35.1. The average molecular weight is 801 g/mol. The molecule has 0 saturated carbocycles. The smallest absolute Gasteiger partial charge is 0.328 e. The van der Waals surface area contributed by atoms with Crippen LogP contribution < -0.4 is 5.32 Å². The molecule has 2 rings (SSSR count). The lowest BCUT2D eigenvalue weighted by Crippen LogP contribution is -2.48. The van der Waals surface area contributed by atoms with E-state index in [0.29, 0.717) is 32.3 Å². The number of benzene rings is 1. The Morgan fingerprint density at radius 2 is 1.56 bits per heavy atom. The molecule has 57 heavy (non-hydrogen) atoms. The average Bonchev–Trinajstić information content (AvgIpc) is 3.17. The lowest BCUT2D eigenvalue weighted by Gasteiger charge is -2.37. The first-order valence-electron chi connectivity index (χ1n) is 21.0. The number of unbranched alkanes of at least 4 members (excludes halogenated alkanes) is 11. The van der Waals surface area contributed by atoms with Crippen molar-refractivity contribution < 1.29 is 43.8 Å². The molecule has 0 radical (unpaired) electrons. The molecular weight excluding hydrogens is 732 g/mol. The van der Waals surface area contributed by atoms with Gasteiger partial charge in [0.25, 0.3) is 5.91 Å². The lowest BCUT2D eigenvalue weighted by molar-refractivity contribution is -0.386. The number of hydrogen-bond acceptors (Lipinski definition) is 11. The molecule has 4 atom stereocenters. The summed E-state index contributed by atoms with van der Waals surface area (Å²) in [5, 5.41) is 41.4. The molecule has 1 heterocycles. The van der Waals surface area contributed by atoms with Crippen LogP contribution in [0.3, 0.4) is 0 Å². The molecule has 2 amide bonds. The van der Waals surface area contributed by atoms with Gasteiger partial charge in [0.15, 0.2) is 5.75 Å². The summed E-state index contributed by atoms with van der Waals surface area (Å²) in [5.41, 5.74) is -0.860. The second kappa shape index (κ2) is 28.7. The van der Waals surface area contributed by atoms with Crippen molar-refractivity contribution >= 4 is 36.0 Å². The molecule has 0 bridgehead atoms. The van der Waals surface area contributed by atoms with Gasteiger partial charge in [0.2, 0.25) is 12.2 Å². The van der Waals surface area contributed by atoms with Gasteiger partial charge in [-0.3, -0.25) is 24.5 Å². The van der Waals surface area contributed by atoms with E-state index >= 15 is 0 Å². The van der Waals surface area contributed by atoms with Crippen LogP contribution in [-0.4, -0.2) is 75.6 Å². The third-order valence-electron chi connectivity index (χ3n) is 10.1. The predicted molar refractivity (Wildman–Crippen MR) is 219 cm³/mol. The van der Waals surface area contributed by atoms with Crippen molar-refractivity contribution in [3.8, 4) is 17.6 Å². The summed E-state index contributed by atoms with van der Waals surface area (Å²) in [6.07, 6.45) is 19.6. The molecule has 0 aromatic heterocycles. The van der Waals surface area contributed by atoms with Crippen molar-refractivity contribution in [3.05, 3.63) is 33.4 Å². The van der Waals surface area contributed by atoms with Crippen molar-refractivity contribution in [3.63, 3.8) is 0 Å². The van der Waals surface area contributed by atoms with Gasteiger partial charge in [-0.2, -0.15) is 5.26 Å². The normalized spacial score (nSPS) is 15.9. The van der Waals surface area contributed by atoms with Crippen LogP contribution in [0.25, 0.3) is 6.08 Å². The summed E-state index contributed by atoms with van der Waals surface area (Å²) < 4.78 is 11.4. The first kappa shape index (κ1) is 50.3. The number of amides is 2. The van der Waals surface area contributed by atoms with E-state index in [1.807, 2.05) is 13.8 Å². The van der Waals surface area contributed by atoms with Crippen molar-refractivity contribution in [2.45, 2.75) is 169 Å². The number of phenolic OH excluding ortho intramolecular Hbond substituents is 2. The molecule has 320 valence electrons. The van der Waals surface area contributed by atoms with Crippen LogP contribution in [0.1, 0.15) is 156 Å². The van der Waals surface area contributed by atoms with Gasteiger partial charge in [0, 0.05) is 25.6 Å². The quantitative estimate of drug-likeness (QED) is 0.0107. The van der Waals surface area contributed by atoms with Crippen LogP contribution in [0.15, 0.2) is 17.7 Å². The molecule has 1 aromatic carbocycles. The van der Waals surface area contributed by atoms with E-state index in [2.05, 4.69) is 19.2 Å². The number of rotatable bonds is 28. The Morgan fingerprint density at radius 3 is 2.07 bits per heavy atom. The van der Waals surface area contributed by atoms with Crippen molar-refractivity contribution in [2.75, 3.05) is 13.1 Å². The van der Waals surface area contributed by atoms with Gasteiger partial charge in [-0.05, 0) is 63.2 Å². The summed E-state index contributed by atoms with van der Waals surface area (Å²) in [6, 6.07) is 3.12. The number of phenols is 2. The summed E-state index contributed by atoms with van der Waals surface area (Å²) >= 11 is 0. The number of ether oxygens (including phenoxy) is 2. The highest BCUT2D eigenvalue weighted by atomic mass is 16.6. The minimum absolute atomic E-state index is 0.0686. The van der Waals surface area contributed by atoms with Crippen molar-refractivity contribution in [1.29, 1.82) is 5.26 Å². The highest BCUT2D eigenvalue weighted by Crippen LogP contribution is 2.37. The Kier molecular flexibility index (Phi) is 25.3. The molecule has 14 nitrogen and oxygen atoms in total. The maximum Gasteiger partial charge on any atom is 0.328 e. The standard InChI is InChI=1S/C29H53NO5.C14H15N3O5/c1-5-7-9-11-12-13-14-15-16-18-24(34-29(33)26(30-22-31)20-23(3)4)21-27-25(28(32)35-27)19-17-10-8-6-2;1-3-16(4-2)14(20)10(8-15)5-9-6-11(17(21)22)13(19)12(18)7-9/h22-27H,5-21H2,1-4H3,(H,30,31);5-7,18-19H,3-4H2,1-2H3/b;10-5+/t24-,25-,26-,27-;/m0./s1. The van der Waals surface area contributed by atoms with E-state index in [1.165, 1.54) is 62.7 Å². The summed E-state index contributed by atoms with van der Waals surface area (Å²) in [6.45, 7) is 12.8. The van der Waals surface area contributed by atoms with Crippen molar-refractivity contribution in [1.82, 2.24) is 10.2 Å². The van der Waals surface area contributed by atoms with E-state index in [0.717, 1.165) is 56.7 Å². The number of aromatic hydroxyl groups is 2. The molecule has 0 aliphatic carbocycles. The monoisotopic (exact) mass is 800 g/mol. The number of cyclic esters (lactones) is 1. The maximum atomic E-state index is 12.9. The van der Waals surface area contributed by atoms with Crippen LogP contribution in [-0.2, 0) is 28.7 Å². The number of carbonyl (C=O) groups excluding carboxylic acids is 4. The number of nitro benzene ring substituents is 1. The molecule has 14 heteroatoms. The van der Waals surface area contributed by atoms with Gasteiger partial charge in [0.05, 0.1) is 10.8 Å². The fourth-order valence-corrected chi connectivity index (χ4v) is 6.74. The molecule has 3 N–H and O–H groups in total. The van der Waals surface area contributed by atoms with Crippen LogP contribution >= 0.6 is 0 Å². The number of nitriles is 1. The van der Waals surface area contributed by atoms with E-state index in [1.54, 1.807) is 19.9 Å². The van der Waals surface area contributed by atoms with Crippen molar-refractivity contribution in [2.24, 2.45) is 11.8 Å². The predicted octanol–water partition coefficient (Wildman–Crippen LogP) is 8.66. The molecule has 0 unspecified atom stereocenters. The van der Waals surface area contributed by atoms with Gasteiger partial charge < -0.3 is 29.9 Å². The Balaban J connectivity index is 0.000000633. The Hall–Kier alpha value is -4.67. The maximum absolute atomic E-state index is 12.9. The molecule has 1 fully saturated rings. The van der Waals surface area contributed by atoms with E-state index < -0.39 is 34.1 Å². The minimum Gasteiger partial charge on any atom is -0.504 e. The summed E-state index contributed by atoms with van der Waals surface area (Å²) in [5.74, 6) is -2.38. The molecule has 1 aliphatic heterocycles. The first-order chi connectivity index (χ1) is 27.3. The zero-order chi connectivity index (χ0) is 42.8. The van der Waals surface area contributed by atoms with Crippen LogP contribution in [0, 0.1) is 33.3 Å². The van der Waals surface area contributed by atoms with E-state index in [9.17, 15) is 39.5 Å². The van der Waals surface area contributed by atoms with Gasteiger partial charge >= 0.3 is 17.6 Å². The van der Waals surface area contributed by atoms with Gasteiger partial charge in [-0.1, -0.05) is 105 Å².